The van der Waals surface area contributed by atoms with Crippen molar-refractivity contribution in [2.45, 2.75) is 26.1 Å². The molecule has 7 nitrogen and oxygen atoms in total. The van der Waals surface area contributed by atoms with Crippen molar-refractivity contribution in [3.05, 3.63) is 12.2 Å². The number of ether oxygens (including phenoxy) is 3. The third-order valence-electron chi connectivity index (χ3n) is 1.93. The summed E-state index contributed by atoms with van der Waals surface area (Å²) in [6.07, 6.45) is -1.28. The highest BCUT2D eigenvalue weighted by Crippen LogP contribution is 2.00. The smallest absolute Gasteiger partial charge is 0.306 e. The van der Waals surface area contributed by atoms with Crippen molar-refractivity contribution >= 4 is 11.9 Å². The van der Waals surface area contributed by atoms with Gasteiger partial charge in [0.25, 0.3) is 0 Å². The fourth-order valence-electron chi connectivity index (χ4n) is 0.965. The van der Waals surface area contributed by atoms with Crippen LogP contribution in [0.5, 0.6) is 0 Å². The first kappa shape index (κ1) is 17.6. The minimum absolute atomic E-state index is 0.0190. The van der Waals surface area contributed by atoms with Gasteiger partial charge in [-0.3, -0.25) is 9.59 Å². The fourth-order valence-corrected chi connectivity index (χ4v) is 0.965. The van der Waals surface area contributed by atoms with Crippen molar-refractivity contribution in [3.8, 4) is 0 Å². The van der Waals surface area contributed by atoms with Crippen molar-refractivity contribution < 1.29 is 34.0 Å². The molecule has 0 rings (SSSR count). The number of hydrogen-bond donors (Lipinski definition) is 2. The summed E-state index contributed by atoms with van der Waals surface area (Å²) in [6.45, 7) is 4.78. The predicted octanol–water partition coefficient (Wildman–Crippen LogP) is -0.244. The normalized spacial score (nSPS) is 11.7. The van der Waals surface area contributed by atoms with Gasteiger partial charge in [0.15, 0.2) is 6.29 Å². The van der Waals surface area contributed by atoms with Crippen LogP contribution in [-0.2, 0) is 23.8 Å². The molecule has 0 aromatic rings. The number of carbonyl (C=O) groups excluding carboxylic acids is 2. The first-order valence-corrected chi connectivity index (χ1v) is 5.84. The van der Waals surface area contributed by atoms with Gasteiger partial charge in [-0.1, -0.05) is 6.58 Å². The van der Waals surface area contributed by atoms with Gasteiger partial charge in [0.1, 0.15) is 13.2 Å². The van der Waals surface area contributed by atoms with E-state index in [0.717, 1.165) is 0 Å². The molecule has 0 spiro atoms. The Balaban J connectivity index is 3.54. The Morgan fingerprint density at radius 1 is 1.11 bits per heavy atom. The molecule has 19 heavy (non-hydrogen) atoms. The van der Waals surface area contributed by atoms with E-state index >= 15 is 0 Å². The fraction of sp³-hybridized carbons (Fsp3) is 0.667. The van der Waals surface area contributed by atoms with Gasteiger partial charge in [-0.05, 0) is 12.5 Å². The van der Waals surface area contributed by atoms with Crippen LogP contribution in [0.25, 0.3) is 0 Å². The van der Waals surface area contributed by atoms with Crippen LogP contribution in [-0.4, -0.2) is 54.9 Å². The number of aliphatic hydroxyl groups is 2. The lowest BCUT2D eigenvalue weighted by molar-refractivity contribution is -0.153. The van der Waals surface area contributed by atoms with Gasteiger partial charge in [0.05, 0.1) is 26.1 Å². The van der Waals surface area contributed by atoms with E-state index in [1.165, 1.54) is 0 Å². The van der Waals surface area contributed by atoms with Crippen molar-refractivity contribution in [2.24, 2.45) is 0 Å². The Morgan fingerprint density at radius 2 is 1.63 bits per heavy atom. The van der Waals surface area contributed by atoms with E-state index in [9.17, 15) is 14.7 Å². The molecule has 7 heteroatoms. The van der Waals surface area contributed by atoms with Crippen molar-refractivity contribution in [1.82, 2.24) is 0 Å². The molecule has 0 amide bonds. The summed E-state index contributed by atoms with van der Waals surface area (Å²) in [5.74, 6) is -1.13. The summed E-state index contributed by atoms with van der Waals surface area (Å²) in [6, 6.07) is 0. The maximum Gasteiger partial charge on any atom is 0.306 e. The van der Waals surface area contributed by atoms with Gasteiger partial charge in [0.2, 0.25) is 0 Å². The van der Waals surface area contributed by atoms with Gasteiger partial charge >= 0.3 is 11.9 Å². The van der Waals surface area contributed by atoms with E-state index in [4.69, 9.17) is 14.6 Å². The molecule has 0 aliphatic rings. The lowest BCUT2D eigenvalue weighted by Gasteiger charge is -2.11. The Hall–Kier alpha value is -1.44. The summed E-state index contributed by atoms with van der Waals surface area (Å²) in [5, 5.41) is 17.6. The average Bonchev–Trinajstić information content (AvgIpc) is 2.38. The highest BCUT2D eigenvalue weighted by Gasteiger charge is 2.09. The summed E-state index contributed by atoms with van der Waals surface area (Å²) in [5.41, 5.74) is 0.456. The van der Waals surface area contributed by atoms with E-state index in [-0.39, 0.29) is 39.3 Å². The second-order valence-corrected chi connectivity index (χ2v) is 3.73. The van der Waals surface area contributed by atoms with Crippen LogP contribution in [0.2, 0.25) is 0 Å². The van der Waals surface area contributed by atoms with Crippen LogP contribution in [0.1, 0.15) is 19.8 Å². The van der Waals surface area contributed by atoms with Crippen molar-refractivity contribution in [2.75, 3.05) is 26.4 Å². The molecule has 0 saturated carbocycles. The van der Waals surface area contributed by atoms with Crippen LogP contribution in [0.15, 0.2) is 12.2 Å². The molecule has 0 saturated heterocycles. The summed E-state index contributed by atoms with van der Waals surface area (Å²) in [7, 11) is 0. The predicted molar refractivity (Wildman–Crippen MR) is 65.0 cm³/mol. The minimum atomic E-state index is -1.08. The lowest BCUT2D eigenvalue weighted by Crippen LogP contribution is -2.18. The third-order valence-corrected chi connectivity index (χ3v) is 1.93. The van der Waals surface area contributed by atoms with Crippen LogP contribution < -0.4 is 0 Å². The Kier molecular flexibility index (Phi) is 9.69. The van der Waals surface area contributed by atoms with Gasteiger partial charge in [-0.15, -0.1) is 0 Å². The Bertz CT molecular complexity index is 300. The van der Waals surface area contributed by atoms with Crippen molar-refractivity contribution in [3.63, 3.8) is 0 Å². The largest absolute Gasteiger partial charge is 0.463 e. The lowest BCUT2D eigenvalue weighted by atomic mass is 10.3. The van der Waals surface area contributed by atoms with Gasteiger partial charge in [-0.2, -0.15) is 0 Å². The SMILES string of the molecule is C=C(C)C(O)OCCOC(=O)CCC(=O)OCCO. The number of esters is 2. The van der Waals surface area contributed by atoms with Crippen molar-refractivity contribution in [1.29, 1.82) is 0 Å². The van der Waals surface area contributed by atoms with E-state index < -0.39 is 18.2 Å². The second-order valence-electron chi connectivity index (χ2n) is 3.73. The topological polar surface area (TPSA) is 102 Å². The van der Waals surface area contributed by atoms with Crippen LogP contribution >= 0.6 is 0 Å². The van der Waals surface area contributed by atoms with E-state index in [0.29, 0.717) is 5.57 Å². The zero-order valence-corrected chi connectivity index (χ0v) is 11.0. The molecule has 1 atom stereocenters. The third kappa shape index (κ3) is 10.2. The van der Waals surface area contributed by atoms with E-state index in [1.54, 1.807) is 6.92 Å². The maximum atomic E-state index is 11.2. The molecular formula is C12H20O7. The van der Waals surface area contributed by atoms with Gasteiger partial charge in [0, 0.05) is 0 Å². The quantitative estimate of drug-likeness (QED) is 0.245. The molecule has 110 valence electrons. The molecule has 0 heterocycles. The molecule has 0 fully saturated rings. The minimum Gasteiger partial charge on any atom is -0.463 e. The molecule has 2 N–H and O–H groups in total. The summed E-state index contributed by atoms with van der Waals surface area (Å²) >= 11 is 0. The molecule has 0 aromatic carbocycles. The molecule has 0 aliphatic heterocycles. The highest BCUT2D eigenvalue weighted by molar-refractivity contribution is 5.77. The standard InChI is InChI=1S/C12H20O7/c1-9(2)12(16)19-8-7-18-11(15)4-3-10(14)17-6-5-13/h12-13,16H,1,3-8H2,2H3. The summed E-state index contributed by atoms with van der Waals surface area (Å²) in [4.78, 5) is 22.2. The number of hydrogen-bond acceptors (Lipinski definition) is 7. The molecule has 0 radical (unpaired) electrons. The first-order chi connectivity index (χ1) is 8.97. The van der Waals surface area contributed by atoms with E-state index in [1.807, 2.05) is 0 Å². The average molecular weight is 276 g/mol. The Morgan fingerprint density at radius 3 is 2.11 bits per heavy atom. The number of rotatable bonds is 10. The van der Waals surface area contributed by atoms with Crippen LogP contribution in [0.3, 0.4) is 0 Å². The van der Waals surface area contributed by atoms with Crippen LogP contribution in [0.4, 0.5) is 0 Å². The molecule has 0 bridgehead atoms. The highest BCUT2D eigenvalue weighted by atomic mass is 16.6. The maximum absolute atomic E-state index is 11.2. The van der Waals surface area contributed by atoms with Crippen LogP contribution in [0, 0.1) is 0 Å². The zero-order chi connectivity index (χ0) is 14.7. The first-order valence-electron chi connectivity index (χ1n) is 5.84. The molecule has 0 aromatic heterocycles. The molecule has 0 aliphatic carbocycles. The second kappa shape index (κ2) is 10.5. The van der Waals surface area contributed by atoms with Gasteiger partial charge < -0.3 is 24.4 Å². The van der Waals surface area contributed by atoms with E-state index in [2.05, 4.69) is 11.3 Å². The molecule has 1 unspecified atom stereocenters. The monoisotopic (exact) mass is 276 g/mol. The Labute approximate surface area is 111 Å². The van der Waals surface area contributed by atoms with Gasteiger partial charge in [-0.25, -0.2) is 0 Å². The number of aliphatic hydroxyl groups excluding tert-OH is 2. The summed E-state index contributed by atoms with van der Waals surface area (Å²) < 4.78 is 14.2. The number of carbonyl (C=O) groups is 2. The zero-order valence-electron chi connectivity index (χ0n) is 11.0. The molecular weight excluding hydrogens is 256 g/mol.